The maximum atomic E-state index is 12.0. The summed E-state index contributed by atoms with van der Waals surface area (Å²) in [6, 6.07) is 15.0. The Labute approximate surface area is 169 Å². The summed E-state index contributed by atoms with van der Waals surface area (Å²) in [5.41, 5.74) is 3.38. The number of halogens is 1. The molecule has 3 aromatic rings. The van der Waals surface area contributed by atoms with Gasteiger partial charge in [-0.05, 0) is 25.1 Å². The number of carbonyl (C=O) groups is 2. The summed E-state index contributed by atoms with van der Waals surface area (Å²) < 4.78 is 5.98. The molecule has 1 heterocycles. The highest BCUT2D eigenvalue weighted by Gasteiger charge is 2.11. The Bertz CT molecular complexity index is 954. The van der Waals surface area contributed by atoms with Gasteiger partial charge in [0.25, 0.3) is 5.91 Å². The van der Waals surface area contributed by atoms with E-state index >= 15 is 0 Å². The Balaban J connectivity index is 1.48. The van der Waals surface area contributed by atoms with Gasteiger partial charge in [-0.25, -0.2) is 4.98 Å². The van der Waals surface area contributed by atoms with Gasteiger partial charge in [0.15, 0.2) is 0 Å². The molecule has 5 nitrogen and oxygen atoms in total. The maximum absolute atomic E-state index is 12.0. The number of carbonyl (C=O) groups excluding carboxylic acids is 2. The first-order chi connectivity index (χ1) is 13.0. The highest BCUT2D eigenvalue weighted by molar-refractivity contribution is 9.10. The molecule has 138 valence electrons. The third kappa shape index (κ3) is 5.48. The van der Waals surface area contributed by atoms with Gasteiger partial charge in [-0.2, -0.15) is 0 Å². The second-order valence-electron chi connectivity index (χ2n) is 5.86. The molecular formula is C20H17BrN2O3S. The fourth-order valence-electron chi connectivity index (χ4n) is 2.29. The molecule has 0 atom stereocenters. The molecule has 0 unspecified atom stereocenters. The van der Waals surface area contributed by atoms with Crippen molar-refractivity contribution in [2.75, 3.05) is 6.54 Å². The van der Waals surface area contributed by atoms with Gasteiger partial charge in [-0.15, -0.1) is 11.3 Å². The van der Waals surface area contributed by atoms with Crippen LogP contribution in [0.5, 0.6) is 0 Å². The Morgan fingerprint density at radius 1 is 1.19 bits per heavy atom. The van der Waals surface area contributed by atoms with Gasteiger partial charge in [0.05, 0.1) is 5.69 Å². The van der Waals surface area contributed by atoms with Gasteiger partial charge in [0.1, 0.15) is 18.2 Å². The molecule has 0 spiro atoms. The molecule has 0 saturated carbocycles. The van der Waals surface area contributed by atoms with Gasteiger partial charge in [0.2, 0.25) is 0 Å². The van der Waals surface area contributed by atoms with Crippen molar-refractivity contribution in [1.29, 1.82) is 0 Å². The molecule has 1 amide bonds. The lowest BCUT2D eigenvalue weighted by molar-refractivity contribution is -0.143. The summed E-state index contributed by atoms with van der Waals surface area (Å²) in [4.78, 5) is 28.4. The fourth-order valence-corrected chi connectivity index (χ4v) is 3.50. The van der Waals surface area contributed by atoms with Crippen molar-refractivity contribution < 1.29 is 14.3 Å². The number of aromatic nitrogens is 1. The summed E-state index contributed by atoms with van der Waals surface area (Å²) in [5.74, 6) is -0.841. The Morgan fingerprint density at radius 3 is 2.70 bits per heavy atom. The van der Waals surface area contributed by atoms with Crippen LogP contribution in [0.15, 0.2) is 58.4 Å². The molecule has 0 aliphatic carbocycles. The number of amides is 1. The first-order valence-electron chi connectivity index (χ1n) is 8.22. The van der Waals surface area contributed by atoms with Gasteiger partial charge >= 0.3 is 5.97 Å². The van der Waals surface area contributed by atoms with Crippen LogP contribution in [0, 0.1) is 6.92 Å². The highest BCUT2D eigenvalue weighted by Crippen LogP contribution is 2.24. The van der Waals surface area contributed by atoms with Gasteiger partial charge < -0.3 is 10.1 Å². The van der Waals surface area contributed by atoms with Crippen molar-refractivity contribution in [2.24, 2.45) is 0 Å². The summed E-state index contributed by atoms with van der Waals surface area (Å²) in [6.07, 6.45) is 0. The summed E-state index contributed by atoms with van der Waals surface area (Å²) in [7, 11) is 0. The Hall–Kier alpha value is -2.51. The lowest BCUT2D eigenvalue weighted by atomic mass is 10.2. The first-order valence-corrected chi connectivity index (χ1v) is 9.89. The third-order valence-corrected chi connectivity index (χ3v) is 5.14. The van der Waals surface area contributed by atoms with Crippen LogP contribution < -0.4 is 5.32 Å². The largest absolute Gasteiger partial charge is 0.458 e. The van der Waals surface area contributed by atoms with Crippen LogP contribution >= 0.6 is 27.3 Å². The first kappa shape index (κ1) is 19.3. The van der Waals surface area contributed by atoms with E-state index in [0.717, 1.165) is 15.0 Å². The molecule has 0 bridgehead atoms. The van der Waals surface area contributed by atoms with Crippen LogP contribution in [0.1, 0.15) is 21.6 Å². The number of esters is 1. The Kier molecular flexibility index (Phi) is 6.36. The number of benzene rings is 2. The van der Waals surface area contributed by atoms with Gasteiger partial charge in [-0.3, -0.25) is 9.59 Å². The quantitative estimate of drug-likeness (QED) is 0.573. The maximum Gasteiger partial charge on any atom is 0.325 e. The SMILES string of the molecule is Cc1ccc(-c2nc(COC(=O)CNC(=O)c3cccc(Br)c3)cs2)cc1. The van der Waals surface area contributed by atoms with E-state index in [2.05, 4.69) is 26.2 Å². The van der Waals surface area contributed by atoms with Crippen LogP contribution in [-0.2, 0) is 16.1 Å². The summed E-state index contributed by atoms with van der Waals surface area (Å²) >= 11 is 4.81. The van der Waals surface area contributed by atoms with Crippen LogP contribution in [0.25, 0.3) is 10.6 Å². The lowest BCUT2D eigenvalue weighted by Crippen LogP contribution is -2.30. The number of rotatable bonds is 6. The van der Waals surface area contributed by atoms with E-state index in [1.54, 1.807) is 18.2 Å². The molecule has 0 aliphatic rings. The molecule has 2 aromatic carbocycles. The predicted molar refractivity (Wildman–Crippen MR) is 109 cm³/mol. The summed E-state index contributed by atoms with van der Waals surface area (Å²) in [5, 5.41) is 5.29. The fraction of sp³-hybridized carbons (Fsp3) is 0.150. The van der Waals surface area contributed by atoms with Crippen LogP contribution in [-0.4, -0.2) is 23.4 Å². The molecule has 27 heavy (non-hydrogen) atoms. The van der Waals surface area contributed by atoms with Crippen molar-refractivity contribution in [3.63, 3.8) is 0 Å². The zero-order valence-corrected chi connectivity index (χ0v) is 17.0. The smallest absolute Gasteiger partial charge is 0.325 e. The zero-order valence-electron chi connectivity index (χ0n) is 14.6. The molecule has 3 rings (SSSR count). The van der Waals surface area contributed by atoms with Crippen LogP contribution in [0.4, 0.5) is 0 Å². The zero-order chi connectivity index (χ0) is 19.2. The van der Waals surface area contributed by atoms with Crippen molar-refractivity contribution in [3.8, 4) is 10.6 Å². The predicted octanol–water partition coefficient (Wildman–Crippen LogP) is 4.35. The van der Waals surface area contributed by atoms with E-state index in [0.29, 0.717) is 11.3 Å². The molecule has 1 aromatic heterocycles. The normalized spacial score (nSPS) is 10.4. The van der Waals surface area contributed by atoms with Crippen molar-refractivity contribution >= 4 is 39.1 Å². The third-order valence-electron chi connectivity index (χ3n) is 3.71. The van der Waals surface area contributed by atoms with E-state index in [9.17, 15) is 9.59 Å². The topological polar surface area (TPSA) is 68.3 Å². The van der Waals surface area contributed by atoms with E-state index in [4.69, 9.17) is 4.74 Å². The number of thiazole rings is 1. The minimum Gasteiger partial charge on any atom is -0.458 e. The molecule has 0 radical (unpaired) electrons. The van der Waals surface area contributed by atoms with Gasteiger partial charge in [-0.1, -0.05) is 51.8 Å². The number of ether oxygens (including phenoxy) is 1. The molecule has 7 heteroatoms. The minimum absolute atomic E-state index is 0.0773. The Morgan fingerprint density at radius 2 is 1.96 bits per heavy atom. The number of nitrogens with one attached hydrogen (secondary N) is 1. The molecule has 0 saturated heterocycles. The average Bonchev–Trinajstić information content (AvgIpc) is 3.14. The number of aryl methyl sites for hydroxylation is 1. The number of hydrogen-bond donors (Lipinski definition) is 1. The minimum atomic E-state index is -0.511. The summed E-state index contributed by atoms with van der Waals surface area (Å²) in [6.45, 7) is 1.92. The highest BCUT2D eigenvalue weighted by atomic mass is 79.9. The van der Waals surface area contributed by atoms with E-state index in [1.165, 1.54) is 16.9 Å². The monoisotopic (exact) mass is 444 g/mol. The molecule has 1 N–H and O–H groups in total. The van der Waals surface area contributed by atoms with Crippen molar-refractivity contribution in [2.45, 2.75) is 13.5 Å². The lowest BCUT2D eigenvalue weighted by Gasteiger charge is -2.06. The molecule has 0 aliphatic heterocycles. The second kappa shape index (κ2) is 8.92. The molecular weight excluding hydrogens is 428 g/mol. The van der Waals surface area contributed by atoms with Crippen molar-refractivity contribution in [3.05, 3.63) is 75.2 Å². The van der Waals surface area contributed by atoms with Crippen LogP contribution in [0.3, 0.4) is 0 Å². The standard InChI is InChI=1S/C20H17BrN2O3S/c1-13-5-7-14(8-6-13)20-23-17(12-27-20)11-26-18(24)10-22-19(25)15-3-2-4-16(21)9-15/h2-9,12H,10-11H2,1H3,(H,22,25). The average molecular weight is 445 g/mol. The molecule has 0 fully saturated rings. The van der Waals surface area contributed by atoms with E-state index in [1.807, 2.05) is 42.6 Å². The van der Waals surface area contributed by atoms with E-state index < -0.39 is 5.97 Å². The second-order valence-corrected chi connectivity index (χ2v) is 7.64. The van der Waals surface area contributed by atoms with Crippen LogP contribution in [0.2, 0.25) is 0 Å². The van der Waals surface area contributed by atoms with E-state index in [-0.39, 0.29) is 19.1 Å². The number of hydrogen-bond acceptors (Lipinski definition) is 5. The van der Waals surface area contributed by atoms with Crippen molar-refractivity contribution in [1.82, 2.24) is 10.3 Å². The number of nitrogens with zero attached hydrogens (tertiary/aromatic N) is 1. The van der Waals surface area contributed by atoms with Gasteiger partial charge in [0, 0.05) is 21.0 Å².